The third-order valence-electron chi connectivity index (χ3n) is 2.28. The molecule has 0 aromatic heterocycles. The molecule has 2 aliphatic rings. The maximum absolute atomic E-state index is 11.5. The summed E-state index contributed by atoms with van der Waals surface area (Å²) >= 11 is 0. The number of ether oxygens (including phenoxy) is 2. The van der Waals surface area contributed by atoms with Crippen molar-refractivity contribution in [3.63, 3.8) is 0 Å². The standard InChI is InChI=1S/C8H14N2O3/c9-3-6-7(13-4-12-6)8(11)10-5-1-2-5/h5-7H,1-4,9H2,(H,10,11)/t6-,7+/m0/s1. The van der Waals surface area contributed by atoms with Crippen molar-refractivity contribution in [1.82, 2.24) is 5.32 Å². The molecular weight excluding hydrogens is 172 g/mol. The van der Waals surface area contributed by atoms with Crippen LogP contribution in [-0.2, 0) is 14.3 Å². The van der Waals surface area contributed by atoms with E-state index in [0.717, 1.165) is 12.8 Å². The second-order valence-electron chi connectivity index (χ2n) is 3.43. The zero-order valence-electron chi connectivity index (χ0n) is 7.36. The van der Waals surface area contributed by atoms with Crippen molar-refractivity contribution >= 4 is 5.91 Å². The Hall–Kier alpha value is -0.650. The first-order valence-corrected chi connectivity index (χ1v) is 4.55. The van der Waals surface area contributed by atoms with Crippen LogP contribution in [0.25, 0.3) is 0 Å². The average molecular weight is 186 g/mol. The molecule has 2 atom stereocenters. The smallest absolute Gasteiger partial charge is 0.252 e. The fourth-order valence-corrected chi connectivity index (χ4v) is 1.34. The lowest BCUT2D eigenvalue weighted by molar-refractivity contribution is -0.130. The molecule has 1 saturated heterocycles. The molecular formula is C8H14N2O3. The minimum Gasteiger partial charge on any atom is -0.351 e. The summed E-state index contributed by atoms with van der Waals surface area (Å²) in [6.07, 6.45) is 1.36. The van der Waals surface area contributed by atoms with Gasteiger partial charge in [0.25, 0.3) is 5.91 Å². The Kier molecular flexibility index (Phi) is 2.48. The Balaban J connectivity index is 1.86. The number of hydrogen-bond donors (Lipinski definition) is 2. The van der Waals surface area contributed by atoms with Crippen LogP contribution in [0.3, 0.4) is 0 Å². The van der Waals surface area contributed by atoms with Crippen LogP contribution in [0.1, 0.15) is 12.8 Å². The van der Waals surface area contributed by atoms with E-state index in [9.17, 15) is 4.79 Å². The molecule has 1 aliphatic carbocycles. The predicted octanol–water partition coefficient (Wildman–Crippen LogP) is -1.03. The Morgan fingerprint density at radius 2 is 2.23 bits per heavy atom. The molecule has 5 heteroatoms. The summed E-state index contributed by atoms with van der Waals surface area (Å²) in [5.41, 5.74) is 5.42. The molecule has 0 bridgehead atoms. The molecule has 1 amide bonds. The highest BCUT2D eigenvalue weighted by Crippen LogP contribution is 2.20. The molecule has 1 saturated carbocycles. The predicted molar refractivity (Wildman–Crippen MR) is 44.8 cm³/mol. The van der Waals surface area contributed by atoms with Gasteiger partial charge < -0.3 is 20.5 Å². The third kappa shape index (κ3) is 1.99. The maximum atomic E-state index is 11.5. The van der Waals surface area contributed by atoms with Crippen LogP contribution in [0.2, 0.25) is 0 Å². The quantitative estimate of drug-likeness (QED) is 0.590. The second-order valence-corrected chi connectivity index (χ2v) is 3.43. The average Bonchev–Trinajstić information content (AvgIpc) is 2.82. The number of nitrogens with two attached hydrogens (primary N) is 1. The first kappa shape index (κ1) is 8.93. The fourth-order valence-electron chi connectivity index (χ4n) is 1.34. The van der Waals surface area contributed by atoms with Crippen molar-refractivity contribution < 1.29 is 14.3 Å². The van der Waals surface area contributed by atoms with Crippen molar-refractivity contribution in [2.75, 3.05) is 13.3 Å². The van der Waals surface area contributed by atoms with Gasteiger partial charge in [-0.25, -0.2) is 0 Å². The van der Waals surface area contributed by atoms with Gasteiger partial charge in [-0.15, -0.1) is 0 Å². The van der Waals surface area contributed by atoms with Gasteiger partial charge in [-0.1, -0.05) is 0 Å². The molecule has 0 aromatic rings. The lowest BCUT2D eigenvalue weighted by Gasteiger charge is -2.14. The maximum Gasteiger partial charge on any atom is 0.252 e. The summed E-state index contributed by atoms with van der Waals surface area (Å²) in [7, 11) is 0. The van der Waals surface area contributed by atoms with Gasteiger partial charge >= 0.3 is 0 Å². The summed E-state index contributed by atoms with van der Waals surface area (Å²) in [6.45, 7) is 0.493. The van der Waals surface area contributed by atoms with Crippen LogP contribution in [0, 0.1) is 0 Å². The molecule has 74 valence electrons. The van der Waals surface area contributed by atoms with E-state index < -0.39 is 6.10 Å². The molecule has 3 N–H and O–H groups in total. The monoisotopic (exact) mass is 186 g/mol. The Morgan fingerprint density at radius 1 is 1.46 bits per heavy atom. The van der Waals surface area contributed by atoms with Gasteiger partial charge in [-0.05, 0) is 12.8 Å². The van der Waals surface area contributed by atoms with Gasteiger partial charge in [-0.2, -0.15) is 0 Å². The summed E-state index contributed by atoms with van der Waals surface area (Å²) in [5.74, 6) is -0.0875. The van der Waals surface area contributed by atoms with E-state index in [1.807, 2.05) is 0 Å². The third-order valence-corrected chi connectivity index (χ3v) is 2.28. The Morgan fingerprint density at radius 3 is 2.85 bits per heavy atom. The normalized spacial score (nSPS) is 33.3. The minimum atomic E-state index is -0.509. The van der Waals surface area contributed by atoms with Crippen molar-refractivity contribution in [2.24, 2.45) is 5.73 Å². The number of hydrogen-bond acceptors (Lipinski definition) is 4. The molecule has 5 nitrogen and oxygen atoms in total. The summed E-state index contributed by atoms with van der Waals surface area (Å²) < 4.78 is 10.3. The molecule has 1 heterocycles. The van der Waals surface area contributed by atoms with Gasteiger partial charge in [0, 0.05) is 12.6 Å². The molecule has 1 aliphatic heterocycles. The van der Waals surface area contributed by atoms with Crippen LogP contribution in [-0.4, -0.2) is 37.5 Å². The van der Waals surface area contributed by atoms with Gasteiger partial charge in [0.05, 0.1) is 0 Å². The zero-order chi connectivity index (χ0) is 9.26. The Labute approximate surface area is 76.6 Å². The van der Waals surface area contributed by atoms with Gasteiger partial charge in [-0.3, -0.25) is 4.79 Å². The lowest BCUT2D eigenvalue weighted by Crippen LogP contribution is -2.44. The van der Waals surface area contributed by atoms with E-state index in [0.29, 0.717) is 12.6 Å². The first-order chi connectivity index (χ1) is 6.31. The largest absolute Gasteiger partial charge is 0.351 e. The van der Waals surface area contributed by atoms with Crippen LogP contribution in [0.4, 0.5) is 0 Å². The van der Waals surface area contributed by atoms with E-state index >= 15 is 0 Å². The van der Waals surface area contributed by atoms with Crippen molar-refractivity contribution in [1.29, 1.82) is 0 Å². The van der Waals surface area contributed by atoms with Gasteiger partial charge in [0.1, 0.15) is 12.9 Å². The van der Waals surface area contributed by atoms with Crippen molar-refractivity contribution in [3.05, 3.63) is 0 Å². The summed E-state index contributed by atoms with van der Waals surface area (Å²) in [5, 5.41) is 2.86. The van der Waals surface area contributed by atoms with E-state index in [1.165, 1.54) is 0 Å². The second kappa shape index (κ2) is 3.61. The summed E-state index contributed by atoms with van der Waals surface area (Å²) in [4.78, 5) is 11.5. The van der Waals surface area contributed by atoms with Gasteiger partial charge in [0.15, 0.2) is 6.10 Å². The Bertz CT molecular complexity index is 206. The van der Waals surface area contributed by atoms with Crippen LogP contribution in [0.5, 0.6) is 0 Å². The van der Waals surface area contributed by atoms with Crippen LogP contribution >= 0.6 is 0 Å². The SMILES string of the molecule is NC[C@@H]1OCO[C@H]1C(=O)NC1CC1. The summed E-state index contributed by atoms with van der Waals surface area (Å²) in [6, 6.07) is 0.357. The first-order valence-electron chi connectivity index (χ1n) is 4.55. The van der Waals surface area contributed by atoms with Gasteiger partial charge in [0.2, 0.25) is 0 Å². The number of amides is 1. The molecule has 0 radical (unpaired) electrons. The van der Waals surface area contributed by atoms with E-state index in [-0.39, 0.29) is 18.8 Å². The zero-order valence-corrected chi connectivity index (χ0v) is 7.36. The highest BCUT2D eigenvalue weighted by atomic mass is 16.7. The number of nitrogens with one attached hydrogen (secondary N) is 1. The number of carbonyl (C=O) groups excluding carboxylic acids is 1. The minimum absolute atomic E-state index is 0.0875. The van der Waals surface area contributed by atoms with E-state index in [4.69, 9.17) is 15.2 Å². The number of carbonyl (C=O) groups is 1. The van der Waals surface area contributed by atoms with Crippen LogP contribution < -0.4 is 11.1 Å². The molecule has 0 unspecified atom stereocenters. The van der Waals surface area contributed by atoms with E-state index in [2.05, 4.69) is 5.32 Å². The molecule has 0 aromatic carbocycles. The molecule has 0 spiro atoms. The van der Waals surface area contributed by atoms with Crippen LogP contribution in [0.15, 0.2) is 0 Å². The van der Waals surface area contributed by atoms with E-state index in [1.54, 1.807) is 0 Å². The molecule has 13 heavy (non-hydrogen) atoms. The van der Waals surface area contributed by atoms with Crippen molar-refractivity contribution in [3.8, 4) is 0 Å². The molecule has 2 fully saturated rings. The molecule has 2 rings (SSSR count). The fraction of sp³-hybridized carbons (Fsp3) is 0.875. The number of rotatable bonds is 3. The topological polar surface area (TPSA) is 73.6 Å². The highest BCUT2D eigenvalue weighted by molar-refractivity contribution is 5.82. The van der Waals surface area contributed by atoms with Crippen molar-refractivity contribution in [2.45, 2.75) is 31.1 Å². The lowest BCUT2D eigenvalue weighted by atomic mass is 10.2. The highest BCUT2D eigenvalue weighted by Gasteiger charge is 2.36.